The normalized spacial score (nSPS) is 28.0. The third-order valence-corrected chi connectivity index (χ3v) is 5.34. The van der Waals surface area contributed by atoms with Crippen LogP contribution in [0.2, 0.25) is 0 Å². The first kappa shape index (κ1) is 16.3. The summed E-state index contributed by atoms with van der Waals surface area (Å²) in [5.74, 6) is -0.166. The van der Waals surface area contributed by atoms with Crippen molar-refractivity contribution in [1.82, 2.24) is 5.32 Å². The van der Waals surface area contributed by atoms with E-state index in [1.165, 1.54) is 0 Å². The zero-order chi connectivity index (χ0) is 15.5. The lowest BCUT2D eigenvalue weighted by Gasteiger charge is -2.30. The van der Waals surface area contributed by atoms with Crippen molar-refractivity contribution in [2.45, 2.75) is 65.2 Å². The van der Waals surface area contributed by atoms with Gasteiger partial charge in [0.05, 0.1) is 5.92 Å². The topological polar surface area (TPSA) is 66.4 Å². The molecule has 0 bridgehead atoms. The molecule has 4 nitrogen and oxygen atoms in total. The lowest BCUT2D eigenvalue weighted by atomic mass is 9.77. The highest BCUT2D eigenvalue weighted by atomic mass is 16.4. The summed E-state index contributed by atoms with van der Waals surface area (Å²) < 4.78 is 0. The van der Waals surface area contributed by atoms with Crippen molar-refractivity contribution in [2.75, 3.05) is 6.54 Å². The molecule has 0 saturated heterocycles. The molecule has 0 aliphatic heterocycles. The van der Waals surface area contributed by atoms with Gasteiger partial charge in [-0.15, -0.1) is 0 Å². The monoisotopic (exact) mass is 295 g/mol. The molecule has 2 N–H and O–H groups in total. The maximum Gasteiger partial charge on any atom is 0.306 e. The summed E-state index contributed by atoms with van der Waals surface area (Å²) >= 11 is 0. The molecule has 120 valence electrons. The van der Waals surface area contributed by atoms with Crippen molar-refractivity contribution >= 4 is 11.9 Å². The van der Waals surface area contributed by atoms with Crippen molar-refractivity contribution in [3.8, 4) is 0 Å². The molecule has 2 saturated carbocycles. The van der Waals surface area contributed by atoms with Crippen LogP contribution in [0.4, 0.5) is 0 Å². The Morgan fingerprint density at radius 3 is 2.43 bits per heavy atom. The first-order valence-corrected chi connectivity index (χ1v) is 8.46. The predicted molar refractivity (Wildman–Crippen MR) is 81.8 cm³/mol. The van der Waals surface area contributed by atoms with Crippen molar-refractivity contribution in [3.63, 3.8) is 0 Å². The van der Waals surface area contributed by atoms with Crippen LogP contribution in [0.1, 0.15) is 65.2 Å². The van der Waals surface area contributed by atoms with Crippen LogP contribution in [-0.2, 0) is 9.59 Å². The van der Waals surface area contributed by atoms with E-state index in [-0.39, 0.29) is 23.2 Å². The van der Waals surface area contributed by atoms with E-state index in [2.05, 4.69) is 19.2 Å². The van der Waals surface area contributed by atoms with Gasteiger partial charge in [-0.05, 0) is 43.9 Å². The minimum absolute atomic E-state index is 0.115. The highest BCUT2D eigenvalue weighted by molar-refractivity contribution is 5.83. The fourth-order valence-electron chi connectivity index (χ4n) is 4.37. The average Bonchev–Trinajstić information content (AvgIpc) is 3.04. The molecular formula is C17H29NO3. The van der Waals surface area contributed by atoms with Gasteiger partial charge in [0.15, 0.2) is 0 Å². The van der Waals surface area contributed by atoms with E-state index < -0.39 is 5.97 Å². The number of carbonyl (C=O) groups excluding carboxylic acids is 1. The van der Waals surface area contributed by atoms with Crippen LogP contribution in [0.3, 0.4) is 0 Å². The molecule has 2 unspecified atom stereocenters. The number of rotatable bonds is 6. The van der Waals surface area contributed by atoms with Crippen molar-refractivity contribution < 1.29 is 14.7 Å². The number of hydrogen-bond donors (Lipinski definition) is 2. The van der Waals surface area contributed by atoms with Gasteiger partial charge in [0.1, 0.15) is 0 Å². The van der Waals surface area contributed by atoms with Crippen LogP contribution in [0.5, 0.6) is 0 Å². The number of aliphatic carboxylic acids is 1. The second-order valence-corrected chi connectivity index (χ2v) is 7.43. The Hall–Kier alpha value is -1.06. The smallest absolute Gasteiger partial charge is 0.306 e. The molecule has 2 aliphatic carbocycles. The molecule has 0 aromatic rings. The van der Waals surface area contributed by atoms with E-state index in [0.29, 0.717) is 12.5 Å². The molecule has 0 spiro atoms. The molecule has 2 fully saturated rings. The minimum atomic E-state index is -0.704. The van der Waals surface area contributed by atoms with E-state index in [1.807, 2.05) is 0 Å². The highest BCUT2D eigenvalue weighted by Crippen LogP contribution is 2.43. The fourth-order valence-corrected chi connectivity index (χ4v) is 4.37. The number of amides is 1. The summed E-state index contributed by atoms with van der Waals surface area (Å²) in [7, 11) is 0. The molecule has 0 radical (unpaired) electrons. The Morgan fingerprint density at radius 1 is 1.19 bits per heavy atom. The van der Waals surface area contributed by atoms with Crippen LogP contribution in [0.15, 0.2) is 0 Å². The molecule has 0 aromatic carbocycles. The zero-order valence-electron chi connectivity index (χ0n) is 13.4. The first-order chi connectivity index (χ1) is 9.94. The molecule has 0 aromatic heterocycles. The van der Waals surface area contributed by atoms with Crippen LogP contribution in [-0.4, -0.2) is 23.5 Å². The average molecular weight is 295 g/mol. The van der Waals surface area contributed by atoms with Crippen molar-refractivity contribution in [2.24, 2.45) is 23.2 Å². The fraction of sp³-hybridized carbons (Fsp3) is 0.882. The van der Waals surface area contributed by atoms with Gasteiger partial charge >= 0.3 is 5.97 Å². The third-order valence-electron chi connectivity index (χ3n) is 5.34. The molecular weight excluding hydrogens is 266 g/mol. The summed E-state index contributed by atoms with van der Waals surface area (Å²) in [6.07, 6.45) is 7.86. The van der Waals surface area contributed by atoms with Gasteiger partial charge in [0, 0.05) is 12.0 Å². The molecule has 4 heteroatoms. The van der Waals surface area contributed by atoms with Crippen LogP contribution >= 0.6 is 0 Å². The number of carboxylic acid groups (broad SMARTS) is 1. The number of nitrogens with one attached hydrogen (secondary N) is 1. The Balaban J connectivity index is 1.92. The molecule has 1 amide bonds. The molecule has 21 heavy (non-hydrogen) atoms. The van der Waals surface area contributed by atoms with Gasteiger partial charge in [-0.3, -0.25) is 9.59 Å². The van der Waals surface area contributed by atoms with E-state index in [0.717, 1.165) is 51.4 Å². The van der Waals surface area contributed by atoms with Gasteiger partial charge in [-0.2, -0.15) is 0 Å². The Kier molecular flexibility index (Phi) is 5.28. The van der Waals surface area contributed by atoms with Gasteiger partial charge < -0.3 is 10.4 Å². The van der Waals surface area contributed by atoms with Gasteiger partial charge in [-0.25, -0.2) is 0 Å². The standard InChI is InChI=1S/C17H29NO3/c1-12(2)10-17(8-3-4-9-17)16(21)18-11-13-6-5-7-14(13)15(19)20/h12-14H,3-11H2,1-2H3,(H,18,21)(H,19,20). The second kappa shape index (κ2) is 6.80. The lowest BCUT2D eigenvalue weighted by molar-refractivity contribution is -0.143. The molecule has 0 heterocycles. The Bertz CT molecular complexity index is 385. The Morgan fingerprint density at radius 2 is 1.86 bits per heavy atom. The quantitative estimate of drug-likeness (QED) is 0.790. The first-order valence-electron chi connectivity index (χ1n) is 8.46. The summed E-state index contributed by atoms with van der Waals surface area (Å²) in [5, 5.41) is 12.3. The summed E-state index contributed by atoms with van der Waals surface area (Å²) in [6.45, 7) is 4.88. The summed E-state index contributed by atoms with van der Waals surface area (Å²) in [4.78, 5) is 23.9. The SMILES string of the molecule is CC(C)CC1(C(=O)NCC2CCCC2C(=O)O)CCCC1. The second-order valence-electron chi connectivity index (χ2n) is 7.43. The van der Waals surface area contributed by atoms with Gasteiger partial charge in [0.25, 0.3) is 0 Å². The van der Waals surface area contributed by atoms with Crippen LogP contribution in [0, 0.1) is 23.2 Å². The van der Waals surface area contributed by atoms with Crippen molar-refractivity contribution in [3.05, 3.63) is 0 Å². The van der Waals surface area contributed by atoms with E-state index in [9.17, 15) is 14.7 Å². The third kappa shape index (κ3) is 3.78. The summed E-state index contributed by atoms with van der Waals surface area (Å²) in [5.41, 5.74) is -0.189. The van der Waals surface area contributed by atoms with Crippen molar-refractivity contribution in [1.29, 1.82) is 0 Å². The van der Waals surface area contributed by atoms with Crippen LogP contribution in [0.25, 0.3) is 0 Å². The van der Waals surface area contributed by atoms with E-state index in [4.69, 9.17) is 0 Å². The summed E-state index contributed by atoms with van der Waals surface area (Å²) in [6, 6.07) is 0. The van der Waals surface area contributed by atoms with Gasteiger partial charge in [0.2, 0.25) is 5.91 Å². The number of carboxylic acids is 1. The van der Waals surface area contributed by atoms with Crippen LogP contribution < -0.4 is 5.32 Å². The predicted octanol–water partition coefficient (Wildman–Crippen LogP) is 3.21. The minimum Gasteiger partial charge on any atom is -0.481 e. The van der Waals surface area contributed by atoms with E-state index in [1.54, 1.807) is 0 Å². The maximum atomic E-state index is 12.7. The number of carbonyl (C=O) groups is 2. The zero-order valence-corrected chi connectivity index (χ0v) is 13.4. The lowest BCUT2D eigenvalue weighted by Crippen LogP contribution is -2.43. The van der Waals surface area contributed by atoms with Gasteiger partial charge in [-0.1, -0.05) is 33.1 Å². The molecule has 2 aliphatic rings. The van der Waals surface area contributed by atoms with E-state index >= 15 is 0 Å². The molecule has 2 atom stereocenters. The highest BCUT2D eigenvalue weighted by Gasteiger charge is 2.42. The maximum absolute atomic E-state index is 12.7. The number of hydrogen-bond acceptors (Lipinski definition) is 2. The Labute approximate surface area is 127 Å². The molecule has 2 rings (SSSR count). The largest absolute Gasteiger partial charge is 0.481 e.